The van der Waals surface area contributed by atoms with Crippen LogP contribution in [0.25, 0.3) is 10.9 Å². The Balaban J connectivity index is 2.39. The predicted octanol–water partition coefficient (Wildman–Crippen LogP) is 0.691. The number of nitro groups is 1. The molecule has 0 spiro atoms. The highest BCUT2D eigenvalue weighted by Crippen LogP contribution is 2.22. The minimum atomic E-state index is -1.65. The van der Waals surface area contributed by atoms with E-state index in [2.05, 4.69) is 15.5 Å². The number of amides is 1. The molecular weight excluding hydrogens is 308 g/mol. The van der Waals surface area contributed by atoms with Crippen LogP contribution in [0.4, 0.5) is 5.69 Å². The van der Waals surface area contributed by atoms with Gasteiger partial charge in [-0.05, 0) is 13.0 Å². The molecule has 0 fully saturated rings. The Hall–Kier alpha value is -3.01. The molecule has 3 N–H and O–H groups in total. The van der Waals surface area contributed by atoms with Crippen molar-refractivity contribution in [3.63, 3.8) is 0 Å². The molecule has 2 aromatic rings. The van der Waals surface area contributed by atoms with E-state index in [0.29, 0.717) is 5.52 Å². The maximum atomic E-state index is 12.3. The molecule has 23 heavy (non-hydrogen) atoms. The third-order valence-electron chi connectivity index (χ3n) is 3.27. The number of H-pyrrole nitrogens is 1. The summed E-state index contributed by atoms with van der Waals surface area (Å²) in [5, 5.41) is 29.0. The van der Waals surface area contributed by atoms with Gasteiger partial charge in [-0.3, -0.25) is 20.0 Å². The van der Waals surface area contributed by atoms with Gasteiger partial charge in [0.05, 0.1) is 17.0 Å². The molecule has 2 rings (SSSR count). The largest absolute Gasteiger partial charge is 0.479 e. The quantitative estimate of drug-likeness (QED) is 0.523. The molecule has 1 unspecified atom stereocenters. The van der Waals surface area contributed by atoms with Crippen molar-refractivity contribution in [2.24, 2.45) is 0 Å². The van der Waals surface area contributed by atoms with Gasteiger partial charge < -0.3 is 15.2 Å². The Kier molecular flexibility index (Phi) is 4.27. The van der Waals surface area contributed by atoms with Crippen LogP contribution in [0, 0.1) is 10.1 Å². The van der Waals surface area contributed by atoms with Gasteiger partial charge in [0.15, 0.2) is 11.2 Å². The monoisotopic (exact) mass is 322 g/mol. The lowest BCUT2D eigenvalue weighted by Crippen LogP contribution is -2.55. The number of hydrogen-bond donors (Lipinski definition) is 3. The topological polar surface area (TPSA) is 147 Å². The molecular formula is C13H14N4O6. The van der Waals surface area contributed by atoms with Crippen LogP contribution in [0.3, 0.4) is 0 Å². The number of nitrogens with one attached hydrogen (secondary N) is 2. The molecule has 10 nitrogen and oxygen atoms in total. The molecule has 1 aromatic carbocycles. The zero-order valence-electron chi connectivity index (χ0n) is 12.3. The molecule has 1 atom stereocenters. The molecule has 0 bridgehead atoms. The Morgan fingerprint density at radius 1 is 1.52 bits per heavy atom. The van der Waals surface area contributed by atoms with Crippen molar-refractivity contribution in [2.75, 3.05) is 13.7 Å². The molecule has 0 saturated heterocycles. The number of carbonyl (C=O) groups is 2. The Bertz CT molecular complexity index is 786. The second-order valence-electron chi connectivity index (χ2n) is 5.08. The van der Waals surface area contributed by atoms with E-state index in [4.69, 9.17) is 4.74 Å². The summed E-state index contributed by atoms with van der Waals surface area (Å²) in [5.41, 5.74) is -1.57. The number of aliphatic carboxylic acids is 1. The molecule has 10 heteroatoms. The van der Waals surface area contributed by atoms with Crippen LogP contribution in [0.1, 0.15) is 17.4 Å². The minimum absolute atomic E-state index is 0.132. The normalized spacial score (nSPS) is 13.5. The highest BCUT2D eigenvalue weighted by molar-refractivity contribution is 6.06. The summed E-state index contributed by atoms with van der Waals surface area (Å²) in [7, 11) is 1.31. The van der Waals surface area contributed by atoms with Gasteiger partial charge >= 0.3 is 5.97 Å². The zero-order chi connectivity index (χ0) is 17.2. The third kappa shape index (κ3) is 3.11. The average Bonchev–Trinajstić information content (AvgIpc) is 2.90. The molecule has 1 amide bonds. The van der Waals surface area contributed by atoms with Crippen LogP contribution < -0.4 is 5.32 Å². The van der Waals surface area contributed by atoms with Gasteiger partial charge in [0.2, 0.25) is 0 Å². The van der Waals surface area contributed by atoms with Crippen LogP contribution in [-0.2, 0) is 9.53 Å². The summed E-state index contributed by atoms with van der Waals surface area (Å²) in [4.78, 5) is 33.9. The van der Waals surface area contributed by atoms with Crippen molar-refractivity contribution in [3.05, 3.63) is 34.0 Å². The van der Waals surface area contributed by atoms with E-state index in [1.54, 1.807) is 0 Å². The maximum absolute atomic E-state index is 12.3. The van der Waals surface area contributed by atoms with Gasteiger partial charge in [-0.2, -0.15) is 5.10 Å². The lowest BCUT2D eigenvalue weighted by atomic mass is 10.0. The zero-order valence-corrected chi connectivity index (χ0v) is 12.3. The number of benzene rings is 1. The molecule has 122 valence electrons. The highest BCUT2D eigenvalue weighted by Gasteiger charge is 2.36. The van der Waals surface area contributed by atoms with Crippen molar-refractivity contribution in [1.82, 2.24) is 15.5 Å². The molecule has 0 saturated carbocycles. The summed E-state index contributed by atoms with van der Waals surface area (Å²) in [6.45, 7) is 1.03. The van der Waals surface area contributed by atoms with Gasteiger partial charge in [-0.1, -0.05) is 0 Å². The average molecular weight is 322 g/mol. The number of carboxylic acids is 1. The number of methoxy groups -OCH3 is 1. The second kappa shape index (κ2) is 6.01. The Morgan fingerprint density at radius 2 is 2.22 bits per heavy atom. The molecule has 0 radical (unpaired) electrons. The van der Waals surface area contributed by atoms with Crippen LogP contribution in [-0.4, -0.2) is 51.4 Å². The first-order valence-corrected chi connectivity index (χ1v) is 6.46. The Labute approximate surface area is 129 Å². The van der Waals surface area contributed by atoms with Gasteiger partial charge in [0.25, 0.3) is 11.6 Å². The van der Waals surface area contributed by atoms with Crippen LogP contribution in [0.15, 0.2) is 18.2 Å². The fraction of sp³-hybridized carbons (Fsp3) is 0.308. The van der Waals surface area contributed by atoms with E-state index in [1.165, 1.54) is 32.2 Å². The summed E-state index contributed by atoms with van der Waals surface area (Å²) in [5.74, 6) is -2.06. The second-order valence-corrected chi connectivity index (χ2v) is 5.08. The number of ether oxygens (including phenoxy) is 1. The van der Waals surface area contributed by atoms with Crippen LogP contribution >= 0.6 is 0 Å². The number of rotatable bonds is 6. The molecule has 0 aliphatic heterocycles. The molecule has 0 aliphatic carbocycles. The maximum Gasteiger partial charge on any atom is 0.331 e. The number of aromatic amines is 1. The number of nitro benzene ring substituents is 1. The van der Waals surface area contributed by atoms with E-state index in [-0.39, 0.29) is 23.4 Å². The van der Waals surface area contributed by atoms with Gasteiger partial charge in [-0.15, -0.1) is 0 Å². The van der Waals surface area contributed by atoms with E-state index in [1.807, 2.05) is 0 Å². The minimum Gasteiger partial charge on any atom is -0.479 e. The first-order valence-electron chi connectivity index (χ1n) is 6.46. The number of non-ortho nitro benzene ring substituents is 1. The number of carbonyl (C=O) groups excluding carboxylic acids is 1. The number of fused-ring (bicyclic) bond motifs is 1. The number of nitrogens with zero attached hydrogens (tertiary/aromatic N) is 2. The van der Waals surface area contributed by atoms with Crippen molar-refractivity contribution in [1.29, 1.82) is 0 Å². The highest BCUT2D eigenvalue weighted by atomic mass is 16.6. The first kappa shape index (κ1) is 16.4. The first-order chi connectivity index (χ1) is 10.8. The fourth-order valence-corrected chi connectivity index (χ4v) is 2.04. The van der Waals surface area contributed by atoms with Crippen molar-refractivity contribution in [3.8, 4) is 0 Å². The lowest BCUT2D eigenvalue weighted by Gasteiger charge is -2.24. The van der Waals surface area contributed by atoms with Crippen molar-refractivity contribution in [2.45, 2.75) is 12.5 Å². The molecule has 0 aliphatic rings. The summed E-state index contributed by atoms with van der Waals surface area (Å²) in [6, 6.07) is 3.89. The molecule has 1 aromatic heterocycles. The van der Waals surface area contributed by atoms with E-state index in [9.17, 15) is 24.8 Å². The van der Waals surface area contributed by atoms with Crippen LogP contribution in [0.2, 0.25) is 0 Å². The smallest absolute Gasteiger partial charge is 0.331 e. The predicted molar refractivity (Wildman–Crippen MR) is 78.1 cm³/mol. The van der Waals surface area contributed by atoms with Crippen LogP contribution in [0.5, 0.6) is 0 Å². The van der Waals surface area contributed by atoms with Gasteiger partial charge in [0.1, 0.15) is 0 Å². The van der Waals surface area contributed by atoms with Crippen molar-refractivity contribution >= 4 is 28.5 Å². The summed E-state index contributed by atoms with van der Waals surface area (Å²) < 4.78 is 4.81. The SMILES string of the molecule is COCC(C)(NC(=O)c1n[nH]c2ccc([N+](=O)[O-])cc12)C(=O)O. The number of aromatic nitrogens is 2. The Morgan fingerprint density at radius 3 is 2.78 bits per heavy atom. The van der Waals surface area contributed by atoms with E-state index in [0.717, 1.165) is 0 Å². The summed E-state index contributed by atoms with van der Waals surface area (Å²) >= 11 is 0. The van der Waals surface area contributed by atoms with Gasteiger partial charge in [-0.25, -0.2) is 4.79 Å². The van der Waals surface area contributed by atoms with E-state index < -0.39 is 22.3 Å². The lowest BCUT2D eigenvalue weighted by molar-refractivity contribution is -0.384. The number of hydrogen-bond acceptors (Lipinski definition) is 6. The number of carboxylic acid groups (broad SMARTS) is 1. The van der Waals surface area contributed by atoms with Crippen molar-refractivity contribution < 1.29 is 24.4 Å². The van der Waals surface area contributed by atoms with Gasteiger partial charge in [0, 0.05) is 24.6 Å². The fourth-order valence-electron chi connectivity index (χ4n) is 2.04. The standard InChI is InChI=1S/C13H14N4O6/c1-13(6-23-2,12(19)20)14-11(18)10-8-5-7(17(21)22)3-4-9(8)15-16-10/h3-5H,6H2,1-2H3,(H,14,18)(H,15,16)(H,19,20). The third-order valence-corrected chi connectivity index (χ3v) is 3.27. The van der Waals surface area contributed by atoms with E-state index >= 15 is 0 Å². The summed E-state index contributed by atoms with van der Waals surface area (Å²) in [6.07, 6.45) is 0. The molecule has 1 heterocycles.